The van der Waals surface area contributed by atoms with Gasteiger partial charge in [0, 0.05) is 12.1 Å². The molecule has 0 radical (unpaired) electrons. The third-order valence-electron chi connectivity index (χ3n) is 4.03. The number of rotatable bonds is 5. The molecule has 3 heterocycles. The Hall–Kier alpha value is -2.99. The van der Waals surface area contributed by atoms with Crippen molar-refractivity contribution < 1.29 is 9.53 Å². The first-order valence-corrected chi connectivity index (χ1v) is 10.5. The van der Waals surface area contributed by atoms with Crippen molar-refractivity contribution in [3.63, 3.8) is 0 Å². The molecule has 0 aliphatic rings. The Morgan fingerprint density at radius 1 is 0.966 bits per heavy atom. The number of para-hydroxylation sites is 2. The number of nitrogens with zero attached hydrogens (tertiary/aromatic N) is 2. The first kappa shape index (κ1) is 20.7. The van der Waals surface area contributed by atoms with Crippen molar-refractivity contribution in [1.29, 1.82) is 0 Å². The monoisotopic (exact) mass is 407 g/mol. The SMILES string of the molecule is CC(C)C(=O)c1ccc[nH]1.CC(C)Oc1nc2ccccc2nc1-c1cccs1. The minimum Gasteiger partial charge on any atom is -0.473 e. The normalized spacial score (nSPS) is 10.8. The molecule has 1 aromatic carbocycles. The van der Waals surface area contributed by atoms with Crippen LogP contribution in [0.4, 0.5) is 0 Å². The third kappa shape index (κ3) is 5.29. The van der Waals surface area contributed by atoms with Gasteiger partial charge in [-0.2, -0.15) is 0 Å². The van der Waals surface area contributed by atoms with Crippen molar-refractivity contribution in [2.75, 3.05) is 0 Å². The maximum absolute atomic E-state index is 11.2. The van der Waals surface area contributed by atoms with Crippen LogP contribution >= 0.6 is 11.3 Å². The number of ether oxygens (including phenoxy) is 1. The van der Waals surface area contributed by atoms with Crippen LogP contribution in [0.3, 0.4) is 0 Å². The van der Waals surface area contributed by atoms with Gasteiger partial charge < -0.3 is 9.72 Å². The van der Waals surface area contributed by atoms with Crippen LogP contribution in [0.5, 0.6) is 5.88 Å². The molecule has 0 atom stereocenters. The number of H-pyrrole nitrogens is 1. The maximum atomic E-state index is 11.2. The van der Waals surface area contributed by atoms with Gasteiger partial charge in [0.05, 0.1) is 27.7 Å². The summed E-state index contributed by atoms with van der Waals surface area (Å²) in [7, 11) is 0. The second-order valence-electron chi connectivity index (χ2n) is 7.11. The fraction of sp³-hybridized carbons (Fsp3) is 0.261. The predicted molar refractivity (Wildman–Crippen MR) is 119 cm³/mol. The molecule has 0 bridgehead atoms. The van der Waals surface area contributed by atoms with Crippen LogP contribution in [0.1, 0.15) is 38.2 Å². The molecule has 29 heavy (non-hydrogen) atoms. The molecule has 0 aliphatic carbocycles. The third-order valence-corrected chi connectivity index (χ3v) is 4.90. The van der Waals surface area contributed by atoms with Crippen LogP contribution < -0.4 is 4.74 Å². The van der Waals surface area contributed by atoms with Gasteiger partial charge in [-0.05, 0) is 49.6 Å². The molecule has 0 amide bonds. The van der Waals surface area contributed by atoms with Crippen molar-refractivity contribution in [2.24, 2.45) is 5.92 Å². The highest BCUT2D eigenvalue weighted by molar-refractivity contribution is 7.13. The van der Waals surface area contributed by atoms with Gasteiger partial charge in [-0.3, -0.25) is 4.79 Å². The van der Waals surface area contributed by atoms with Gasteiger partial charge in [-0.15, -0.1) is 11.3 Å². The lowest BCUT2D eigenvalue weighted by molar-refractivity contribution is 0.0935. The van der Waals surface area contributed by atoms with E-state index < -0.39 is 0 Å². The fourth-order valence-corrected chi connectivity index (χ4v) is 3.36. The summed E-state index contributed by atoms with van der Waals surface area (Å²) >= 11 is 1.64. The minimum absolute atomic E-state index is 0.0779. The van der Waals surface area contributed by atoms with Gasteiger partial charge in [-0.25, -0.2) is 9.97 Å². The van der Waals surface area contributed by atoms with Crippen LogP contribution in [-0.2, 0) is 0 Å². The maximum Gasteiger partial charge on any atom is 0.242 e. The second-order valence-corrected chi connectivity index (χ2v) is 8.06. The van der Waals surface area contributed by atoms with E-state index in [1.54, 1.807) is 23.6 Å². The highest BCUT2D eigenvalue weighted by Crippen LogP contribution is 2.32. The summed E-state index contributed by atoms with van der Waals surface area (Å²) < 4.78 is 5.81. The first-order valence-electron chi connectivity index (χ1n) is 9.60. The van der Waals surface area contributed by atoms with E-state index in [1.807, 2.05) is 75.5 Å². The number of Topliss-reactive ketones (excluding diaryl/α,β-unsaturated/α-hetero) is 1. The molecular formula is C23H25N3O2S. The van der Waals surface area contributed by atoms with E-state index in [1.165, 1.54) is 0 Å². The van der Waals surface area contributed by atoms with Crippen LogP contribution in [0.15, 0.2) is 60.1 Å². The Labute approximate surface area is 174 Å². The number of benzene rings is 1. The van der Waals surface area contributed by atoms with E-state index in [9.17, 15) is 4.79 Å². The molecule has 0 saturated heterocycles. The lowest BCUT2D eigenvalue weighted by atomic mass is 10.1. The number of fused-ring (bicyclic) bond motifs is 1. The molecule has 0 unspecified atom stereocenters. The molecule has 6 heteroatoms. The molecule has 5 nitrogen and oxygen atoms in total. The Morgan fingerprint density at radius 3 is 2.24 bits per heavy atom. The van der Waals surface area contributed by atoms with E-state index >= 15 is 0 Å². The summed E-state index contributed by atoms with van der Waals surface area (Å²) in [5.74, 6) is 0.861. The van der Waals surface area contributed by atoms with E-state index in [-0.39, 0.29) is 17.8 Å². The molecule has 0 saturated carbocycles. The van der Waals surface area contributed by atoms with Crippen LogP contribution in [0.25, 0.3) is 21.6 Å². The summed E-state index contributed by atoms with van der Waals surface area (Å²) in [6, 6.07) is 15.5. The molecule has 0 aliphatic heterocycles. The molecule has 150 valence electrons. The molecule has 3 aromatic heterocycles. The molecule has 4 aromatic rings. The Balaban J connectivity index is 0.000000204. The molecule has 4 rings (SSSR count). The van der Waals surface area contributed by atoms with Gasteiger partial charge in [0.1, 0.15) is 5.69 Å². The summed E-state index contributed by atoms with van der Waals surface area (Å²) in [6.07, 6.45) is 1.84. The van der Waals surface area contributed by atoms with Crippen molar-refractivity contribution >= 4 is 28.2 Å². The largest absolute Gasteiger partial charge is 0.473 e. The number of hydrogen-bond acceptors (Lipinski definition) is 5. The van der Waals surface area contributed by atoms with Crippen molar-refractivity contribution in [3.8, 4) is 16.5 Å². The quantitative estimate of drug-likeness (QED) is 0.412. The number of aromatic nitrogens is 3. The molecule has 0 spiro atoms. The van der Waals surface area contributed by atoms with Gasteiger partial charge in [0.15, 0.2) is 5.78 Å². The van der Waals surface area contributed by atoms with Gasteiger partial charge in [0.25, 0.3) is 0 Å². The number of nitrogens with one attached hydrogen (secondary N) is 1. The highest BCUT2D eigenvalue weighted by atomic mass is 32.1. The van der Waals surface area contributed by atoms with Crippen LogP contribution in [0.2, 0.25) is 0 Å². The number of aromatic amines is 1. The Morgan fingerprint density at radius 2 is 1.69 bits per heavy atom. The Kier molecular flexibility index (Phi) is 6.77. The Bertz CT molecular complexity index is 1060. The van der Waals surface area contributed by atoms with Crippen molar-refractivity contribution in [1.82, 2.24) is 15.0 Å². The van der Waals surface area contributed by atoms with Gasteiger partial charge in [-0.1, -0.05) is 32.0 Å². The van der Waals surface area contributed by atoms with E-state index in [0.717, 1.165) is 21.6 Å². The number of hydrogen-bond donors (Lipinski definition) is 1. The standard InChI is InChI=1S/C15H14N2OS.C8H11NO/c1-10(2)18-15-14(13-8-5-9-19-13)16-11-6-3-4-7-12(11)17-15;1-6(2)8(10)7-4-3-5-9-7/h3-10H,1-2H3;3-6,9H,1-2H3. The lowest BCUT2D eigenvalue weighted by Gasteiger charge is -2.12. The smallest absolute Gasteiger partial charge is 0.242 e. The van der Waals surface area contributed by atoms with Crippen LogP contribution in [-0.4, -0.2) is 26.8 Å². The van der Waals surface area contributed by atoms with E-state index in [4.69, 9.17) is 9.72 Å². The van der Waals surface area contributed by atoms with Gasteiger partial charge in [0.2, 0.25) is 5.88 Å². The zero-order valence-electron chi connectivity index (χ0n) is 17.0. The summed E-state index contributed by atoms with van der Waals surface area (Å²) in [5, 5.41) is 2.03. The first-order chi connectivity index (χ1) is 14.0. The second kappa shape index (κ2) is 9.47. The highest BCUT2D eigenvalue weighted by Gasteiger charge is 2.14. The summed E-state index contributed by atoms with van der Waals surface area (Å²) in [6.45, 7) is 7.77. The number of carbonyl (C=O) groups excluding carboxylic acids is 1. The summed E-state index contributed by atoms with van der Waals surface area (Å²) in [4.78, 5) is 24.4. The number of ketones is 1. The number of carbonyl (C=O) groups is 1. The van der Waals surface area contributed by atoms with E-state index in [2.05, 4.69) is 9.97 Å². The topological polar surface area (TPSA) is 67.9 Å². The minimum atomic E-state index is 0.0779. The average Bonchev–Trinajstić information content (AvgIpc) is 3.41. The van der Waals surface area contributed by atoms with Crippen molar-refractivity contribution in [3.05, 3.63) is 65.8 Å². The fourth-order valence-electron chi connectivity index (χ4n) is 2.66. The predicted octanol–water partition coefficient (Wildman–Crippen LogP) is 6.00. The lowest BCUT2D eigenvalue weighted by Crippen LogP contribution is -2.08. The molecular weight excluding hydrogens is 382 g/mol. The number of thiophene rings is 1. The van der Waals surface area contributed by atoms with Crippen LogP contribution in [0, 0.1) is 5.92 Å². The van der Waals surface area contributed by atoms with Crippen molar-refractivity contribution in [2.45, 2.75) is 33.8 Å². The zero-order chi connectivity index (χ0) is 20.8. The summed E-state index contributed by atoms with van der Waals surface area (Å²) in [5.41, 5.74) is 3.28. The van der Waals surface area contributed by atoms with Gasteiger partial charge >= 0.3 is 0 Å². The zero-order valence-corrected chi connectivity index (χ0v) is 17.9. The molecule has 0 fully saturated rings. The average molecular weight is 408 g/mol. The molecule has 1 N–H and O–H groups in total. The van der Waals surface area contributed by atoms with E-state index in [0.29, 0.717) is 11.6 Å².